The Morgan fingerprint density at radius 1 is 0.964 bits per heavy atom. The summed E-state index contributed by atoms with van der Waals surface area (Å²) in [5.41, 5.74) is 2.33. The van der Waals surface area contributed by atoms with Gasteiger partial charge in [-0.05, 0) is 17.5 Å². The fourth-order valence-corrected chi connectivity index (χ4v) is 3.64. The van der Waals surface area contributed by atoms with E-state index in [1.165, 1.54) is 0 Å². The third kappa shape index (κ3) is 5.57. The second kappa shape index (κ2) is 10.6. The van der Waals surface area contributed by atoms with Crippen molar-refractivity contribution in [3.8, 4) is 0 Å². The minimum Gasteiger partial charge on any atom is -0.367 e. The van der Waals surface area contributed by atoms with Crippen molar-refractivity contribution >= 4 is 17.5 Å². The summed E-state index contributed by atoms with van der Waals surface area (Å²) in [6, 6.07) is 20.7. The summed E-state index contributed by atoms with van der Waals surface area (Å²) in [4.78, 5) is 16.4. The lowest BCUT2D eigenvalue weighted by molar-refractivity contribution is -0.132. The Morgan fingerprint density at radius 2 is 1.50 bits per heavy atom. The molecule has 4 nitrogen and oxygen atoms in total. The van der Waals surface area contributed by atoms with Crippen molar-refractivity contribution in [2.24, 2.45) is 0 Å². The highest BCUT2D eigenvalue weighted by Gasteiger charge is 2.25. The van der Waals surface area contributed by atoms with Crippen molar-refractivity contribution in [1.82, 2.24) is 9.80 Å². The number of amides is 1. The molecule has 2 aromatic carbocycles. The van der Waals surface area contributed by atoms with Crippen LogP contribution in [0.5, 0.6) is 0 Å². The van der Waals surface area contributed by atoms with E-state index in [-0.39, 0.29) is 12.0 Å². The standard InChI is InChI=1S/C23H29ClN2O2/c1-2-21(24)23(27)26-15-13-25(14-16-26)17-18-28-22(19-9-5-3-6-10-19)20-11-7-4-8-12-20/h3-12,21-22H,2,13-18H2,1H3/t21-/m0/s1. The first-order chi connectivity index (χ1) is 13.7. The number of hydrogen-bond donors (Lipinski definition) is 0. The van der Waals surface area contributed by atoms with Crippen molar-refractivity contribution in [3.63, 3.8) is 0 Å². The molecule has 1 aliphatic rings. The molecular formula is C23H29ClN2O2. The van der Waals surface area contributed by atoms with Crippen molar-refractivity contribution in [2.45, 2.75) is 24.8 Å². The lowest BCUT2D eigenvalue weighted by atomic mass is 10.0. The van der Waals surface area contributed by atoms with Crippen LogP contribution in [0.3, 0.4) is 0 Å². The SMILES string of the molecule is CC[C@H](Cl)C(=O)N1CCN(CCOC(c2ccccc2)c2ccccc2)CC1. The smallest absolute Gasteiger partial charge is 0.240 e. The summed E-state index contributed by atoms with van der Waals surface area (Å²) in [5.74, 6) is 0.0632. The molecule has 1 heterocycles. The predicted octanol–water partition coefficient (Wildman–Crippen LogP) is 3.95. The van der Waals surface area contributed by atoms with Gasteiger partial charge in [0, 0.05) is 32.7 Å². The average molecular weight is 401 g/mol. The number of ether oxygens (including phenoxy) is 1. The summed E-state index contributed by atoms with van der Waals surface area (Å²) in [6.07, 6.45) is 0.612. The molecule has 28 heavy (non-hydrogen) atoms. The number of carbonyl (C=O) groups excluding carboxylic acids is 1. The van der Waals surface area contributed by atoms with Gasteiger partial charge >= 0.3 is 0 Å². The van der Waals surface area contributed by atoms with Gasteiger partial charge in [-0.25, -0.2) is 0 Å². The van der Waals surface area contributed by atoms with Crippen LogP contribution in [-0.4, -0.2) is 60.4 Å². The van der Waals surface area contributed by atoms with Gasteiger partial charge < -0.3 is 9.64 Å². The van der Waals surface area contributed by atoms with Gasteiger partial charge in [0.15, 0.2) is 0 Å². The molecule has 0 spiro atoms. The zero-order valence-electron chi connectivity index (χ0n) is 16.5. The van der Waals surface area contributed by atoms with E-state index in [2.05, 4.69) is 29.2 Å². The van der Waals surface area contributed by atoms with Gasteiger partial charge in [-0.3, -0.25) is 9.69 Å². The van der Waals surface area contributed by atoms with Crippen LogP contribution in [0, 0.1) is 0 Å². The number of carbonyl (C=O) groups is 1. The quantitative estimate of drug-likeness (QED) is 0.629. The minimum absolute atomic E-state index is 0.0631. The largest absolute Gasteiger partial charge is 0.367 e. The Bertz CT molecular complexity index is 678. The third-order valence-electron chi connectivity index (χ3n) is 5.21. The van der Waals surface area contributed by atoms with Crippen LogP contribution < -0.4 is 0 Å². The van der Waals surface area contributed by atoms with Gasteiger partial charge in [0.2, 0.25) is 5.91 Å². The number of hydrogen-bond acceptors (Lipinski definition) is 3. The molecule has 1 aliphatic heterocycles. The fraction of sp³-hybridized carbons (Fsp3) is 0.435. The highest BCUT2D eigenvalue weighted by molar-refractivity contribution is 6.30. The normalized spacial score (nSPS) is 16.3. The molecule has 3 rings (SSSR count). The molecule has 1 atom stereocenters. The van der Waals surface area contributed by atoms with Gasteiger partial charge in [0.1, 0.15) is 11.5 Å². The number of alkyl halides is 1. The van der Waals surface area contributed by atoms with Crippen molar-refractivity contribution < 1.29 is 9.53 Å². The van der Waals surface area contributed by atoms with Crippen molar-refractivity contribution in [3.05, 3.63) is 71.8 Å². The maximum atomic E-state index is 12.2. The maximum Gasteiger partial charge on any atom is 0.240 e. The Kier molecular flexibility index (Phi) is 7.90. The van der Waals surface area contributed by atoms with Crippen LogP contribution in [0.15, 0.2) is 60.7 Å². The highest BCUT2D eigenvalue weighted by Crippen LogP contribution is 2.25. The molecule has 1 saturated heterocycles. The third-order valence-corrected chi connectivity index (χ3v) is 5.70. The van der Waals surface area contributed by atoms with Gasteiger partial charge in [-0.2, -0.15) is 0 Å². The van der Waals surface area contributed by atoms with E-state index in [1.54, 1.807) is 0 Å². The van der Waals surface area contributed by atoms with Gasteiger partial charge in [0.25, 0.3) is 0 Å². The molecule has 0 radical (unpaired) electrons. The molecule has 1 fully saturated rings. The summed E-state index contributed by atoms with van der Waals surface area (Å²) in [5, 5.41) is -0.396. The van der Waals surface area contributed by atoms with Crippen LogP contribution in [0.4, 0.5) is 0 Å². The molecule has 150 valence electrons. The molecule has 5 heteroatoms. The Hall–Kier alpha value is -1.88. The summed E-state index contributed by atoms with van der Waals surface area (Å²) in [6.45, 7) is 6.66. The first-order valence-electron chi connectivity index (χ1n) is 10.1. The van der Waals surface area contributed by atoms with Crippen molar-refractivity contribution in [2.75, 3.05) is 39.3 Å². The average Bonchev–Trinajstić information content (AvgIpc) is 2.77. The van der Waals surface area contributed by atoms with E-state index in [4.69, 9.17) is 16.3 Å². The van der Waals surface area contributed by atoms with Crippen molar-refractivity contribution in [1.29, 1.82) is 0 Å². The zero-order chi connectivity index (χ0) is 19.8. The summed E-state index contributed by atoms with van der Waals surface area (Å²) >= 11 is 6.10. The molecule has 0 N–H and O–H groups in total. The van der Waals surface area contributed by atoms with Crippen LogP contribution in [0.1, 0.15) is 30.6 Å². The number of rotatable bonds is 8. The van der Waals surface area contributed by atoms with E-state index in [0.29, 0.717) is 13.0 Å². The first-order valence-corrected chi connectivity index (χ1v) is 10.5. The van der Waals surface area contributed by atoms with E-state index >= 15 is 0 Å². The number of piperazine rings is 1. The molecule has 0 unspecified atom stereocenters. The monoisotopic (exact) mass is 400 g/mol. The fourth-order valence-electron chi connectivity index (χ4n) is 3.50. The highest BCUT2D eigenvalue weighted by atomic mass is 35.5. The van der Waals surface area contributed by atoms with Crippen LogP contribution in [-0.2, 0) is 9.53 Å². The molecule has 2 aromatic rings. The lowest BCUT2D eigenvalue weighted by Gasteiger charge is -2.35. The second-order valence-electron chi connectivity index (χ2n) is 7.11. The van der Waals surface area contributed by atoms with E-state index in [0.717, 1.165) is 43.9 Å². The summed E-state index contributed by atoms with van der Waals surface area (Å²) in [7, 11) is 0. The zero-order valence-corrected chi connectivity index (χ0v) is 17.2. The van der Waals surface area contributed by atoms with E-state index in [9.17, 15) is 4.79 Å². The summed E-state index contributed by atoms with van der Waals surface area (Å²) < 4.78 is 6.30. The minimum atomic E-state index is -0.396. The maximum absolute atomic E-state index is 12.2. The van der Waals surface area contributed by atoms with Crippen LogP contribution in [0.2, 0.25) is 0 Å². The van der Waals surface area contributed by atoms with Crippen LogP contribution in [0.25, 0.3) is 0 Å². The number of nitrogens with zero attached hydrogens (tertiary/aromatic N) is 2. The molecule has 0 aliphatic carbocycles. The molecular weight excluding hydrogens is 372 g/mol. The Morgan fingerprint density at radius 3 is 2.00 bits per heavy atom. The van der Waals surface area contributed by atoms with E-state index < -0.39 is 5.38 Å². The van der Waals surface area contributed by atoms with Gasteiger partial charge in [-0.1, -0.05) is 67.6 Å². The van der Waals surface area contributed by atoms with Crippen LogP contribution >= 0.6 is 11.6 Å². The number of benzene rings is 2. The van der Waals surface area contributed by atoms with E-state index in [1.807, 2.05) is 48.2 Å². The number of halogens is 1. The molecule has 0 saturated carbocycles. The molecule has 0 aromatic heterocycles. The first kappa shape index (κ1) is 20.8. The molecule has 0 bridgehead atoms. The Labute approximate surface area is 173 Å². The topological polar surface area (TPSA) is 32.8 Å². The second-order valence-corrected chi connectivity index (χ2v) is 7.64. The van der Waals surface area contributed by atoms with Gasteiger partial charge in [-0.15, -0.1) is 11.6 Å². The predicted molar refractivity (Wildman–Crippen MR) is 114 cm³/mol. The Balaban J connectivity index is 1.51. The van der Waals surface area contributed by atoms with Gasteiger partial charge in [0.05, 0.1) is 6.61 Å². The lowest BCUT2D eigenvalue weighted by Crippen LogP contribution is -2.51. The molecule has 1 amide bonds.